The Bertz CT molecular complexity index is 1010. The fraction of sp³-hybridized carbons (Fsp3) is 0.714. The van der Waals surface area contributed by atoms with Crippen LogP contribution in [0.15, 0.2) is 48.6 Å². The lowest BCUT2D eigenvalue weighted by molar-refractivity contribution is -0.147. The van der Waals surface area contributed by atoms with Crippen molar-refractivity contribution in [1.29, 1.82) is 0 Å². The Hall–Kier alpha value is -3.20. The molecule has 2 amide bonds. The number of amides is 2. The summed E-state index contributed by atoms with van der Waals surface area (Å²) in [7, 11) is 0. The zero-order chi connectivity index (χ0) is 37.6. The summed E-state index contributed by atoms with van der Waals surface area (Å²) in [5.74, 6) is -2.42. The first-order valence-electron chi connectivity index (χ1n) is 20.0. The number of carbonyl (C=O) groups is 4. The van der Waals surface area contributed by atoms with Crippen LogP contribution in [-0.2, 0) is 23.9 Å². The van der Waals surface area contributed by atoms with Gasteiger partial charge in [0.05, 0.1) is 13.2 Å². The zero-order valence-electron chi connectivity index (χ0n) is 32.1. The molecule has 0 aromatic rings. The summed E-state index contributed by atoms with van der Waals surface area (Å²) >= 11 is 0. The molecule has 0 radical (unpaired) electrons. The number of allylic oxidation sites excluding steroid dienone is 7. The van der Waals surface area contributed by atoms with Crippen molar-refractivity contribution in [2.75, 3.05) is 13.2 Å². The minimum absolute atomic E-state index is 0.130. The fourth-order valence-corrected chi connectivity index (χ4v) is 5.39. The largest absolute Gasteiger partial charge is 0.480 e. The van der Waals surface area contributed by atoms with E-state index in [4.69, 9.17) is 14.9 Å². The van der Waals surface area contributed by atoms with Crippen LogP contribution < -0.4 is 10.6 Å². The highest BCUT2D eigenvalue weighted by molar-refractivity contribution is 5.87. The van der Waals surface area contributed by atoms with Crippen molar-refractivity contribution in [3.63, 3.8) is 0 Å². The number of aliphatic hydroxyl groups is 1. The number of carboxylic acids is 1. The second-order valence-electron chi connectivity index (χ2n) is 13.4. The van der Waals surface area contributed by atoms with Gasteiger partial charge in [-0.25, -0.2) is 4.79 Å². The first-order valence-corrected chi connectivity index (χ1v) is 20.0. The number of rotatable bonds is 35. The lowest BCUT2D eigenvalue weighted by Crippen LogP contribution is -2.47. The fourth-order valence-electron chi connectivity index (χ4n) is 5.39. The van der Waals surface area contributed by atoms with Gasteiger partial charge in [-0.3, -0.25) is 14.4 Å². The Morgan fingerprint density at radius 1 is 0.608 bits per heavy atom. The molecule has 4 N–H and O–H groups in total. The van der Waals surface area contributed by atoms with Crippen LogP contribution in [0.3, 0.4) is 0 Å². The Morgan fingerprint density at radius 3 is 1.71 bits per heavy atom. The molecule has 0 bridgehead atoms. The molecule has 0 aliphatic rings. The van der Waals surface area contributed by atoms with E-state index in [0.29, 0.717) is 12.8 Å². The Balaban J connectivity index is 4.12. The van der Waals surface area contributed by atoms with Gasteiger partial charge in [0.2, 0.25) is 11.8 Å². The SMILES string of the molecule is CCCCC/C=C\C/C=C\C/C=C\CCCCCCCCC(=O)OC(/C=C\CCCCC)CCCCCCC(=O)NCC(=O)NC(CO)C(=O)O. The van der Waals surface area contributed by atoms with Crippen LogP contribution in [0.2, 0.25) is 0 Å². The van der Waals surface area contributed by atoms with E-state index in [0.717, 1.165) is 77.0 Å². The first-order chi connectivity index (χ1) is 24.8. The summed E-state index contributed by atoms with van der Waals surface area (Å²) in [4.78, 5) is 47.3. The molecule has 0 aromatic heterocycles. The normalized spacial score (nSPS) is 13.0. The van der Waals surface area contributed by atoms with Crippen LogP contribution in [0, 0.1) is 0 Å². The summed E-state index contributed by atoms with van der Waals surface area (Å²) < 4.78 is 5.85. The summed E-state index contributed by atoms with van der Waals surface area (Å²) in [6.07, 6.45) is 41.7. The van der Waals surface area contributed by atoms with Gasteiger partial charge in [-0.05, 0) is 83.1 Å². The summed E-state index contributed by atoms with van der Waals surface area (Å²) in [6.45, 7) is 3.35. The molecule has 0 saturated heterocycles. The number of unbranched alkanes of at least 4 members (excludes halogenated alkanes) is 15. The van der Waals surface area contributed by atoms with Crippen molar-refractivity contribution in [3.8, 4) is 0 Å². The van der Waals surface area contributed by atoms with E-state index in [9.17, 15) is 19.2 Å². The third-order valence-electron chi connectivity index (χ3n) is 8.53. The van der Waals surface area contributed by atoms with Crippen molar-refractivity contribution in [3.05, 3.63) is 48.6 Å². The number of hydrogen-bond acceptors (Lipinski definition) is 6. The molecular weight excluding hydrogens is 644 g/mol. The maximum atomic E-state index is 12.6. The standard InChI is InChI=1S/C42H72N2O7/c1-3-5-7-9-10-11-12-13-14-15-16-17-18-19-20-21-22-24-30-34-41(48)51-37(31-27-23-8-6-4-2)32-28-25-26-29-33-39(46)43-35-40(47)44-38(36-45)42(49)50/h10-11,13-14,16-17,27,31,37-38,45H,3-9,12,15,18-26,28-30,32-36H2,1-2H3,(H,43,46)(H,44,47)(H,49,50)/b11-10-,14-13-,17-16-,31-27-. The maximum Gasteiger partial charge on any atom is 0.328 e. The molecule has 9 nitrogen and oxygen atoms in total. The maximum absolute atomic E-state index is 12.6. The number of nitrogens with one attached hydrogen (secondary N) is 2. The third-order valence-corrected chi connectivity index (χ3v) is 8.53. The van der Waals surface area contributed by atoms with Crippen molar-refractivity contribution in [2.45, 2.75) is 180 Å². The van der Waals surface area contributed by atoms with Crippen molar-refractivity contribution in [2.24, 2.45) is 0 Å². The van der Waals surface area contributed by atoms with E-state index in [1.807, 2.05) is 6.08 Å². The van der Waals surface area contributed by atoms with Crippen LogP contribution >= 0.6 is 0 Å². The molecule has 0 aromatic carbocycles. The van der Waals surface area contributed by atoms with Gasteiger partial charge < -0.3 is 25.6 Å². The molecule has 2 atom stereocenters. The van der Waals surface area contributed by atoms with Crippen LogP contribution in [0.1, 0.15) is 168 Å². The molecule has 292 valence electrons. The molecular formula is C42H72N2O7. The predicted molar refractivity (Wildman–Crippen MR) is 208 cm³/mol. The smallest absolute Gasteiger partial charge is 0.328 e. The van der Waals surface area contributed by atoms with Gasteiger partial charge in [0.25, 0.3) is 0 Å². The molecule has 0 aliphatic carbocycles. The molecule has 51 heavy (non-hydrogen) atoms. The van der Waals surface area contributed by atoms with Gasteiger partial charge in [-0.1, -0.05) is 121 Å². The monoisotopic (exact) mass is 717 g/mol. The lowest BCUT2D eigenvalue weighted by Gasteiger charge is -2.15. The molecule has 0 rings (SSSR count). The summed E-state index contributed by atoms with van der Waals surface area (Å²) in [5, 5.41) is 22.5. The highest BCUT2D eigenvalue weighted by Crippen LogP contribution is 2.15. The first kappa shape index (κ1) is 47.8. The number of aliphatic hydroxyl groups excluding tert-OH is 1. The minimum Gasteiger partial charge on any atom is -0.480 e. The highest BCUT2D eigenvalue weighted by Gasteiger charge is 2.18. The lowest BCUT2D eigenvalue weighted by atomic mass is 10.1. The minimum atomic E-state index is -1.39. The quantitative estimate of drug-likeness (QED) is 0.0291. The van der Waals surface area contributed by atoms with E-state index in [2.05, 4.69) is 67.0 Å². The number of carboxylic acid groups (broad SMARTS) is 1. The van der Waals surface area contributed by atoms with Gasteiger partial charge in [0.1, 0.15) is 12.1 Å². The zero-order valence-corrected chi connectivity index (χ0v) is 32.1. The summed E-state index contributed by atoms with van der Waals surface area (Å²) in [6, 6.07) is -1.39. The van der Waals surface area contributed by atoms with Gasteiger partial charge >= 0.3 is 11.9 Å². The second kappa shape index (κ2) is 36.6. The number of carbonyl (C=O) groups excluding carboxylic acids is 3. The predicted octanol–water partition coefficient (Wildman–Crippen LogP) is 9.20. The van der Waals surface area contributed by atoms with E-state index in [1.165, 1.54) is 57.8 Å². The van der Waals surface area contributed by atoms with E-state index < -0.39 is 24.5 Å². The molecule has 0 aliphatic heterocycles. The Morgan fingerprint density at radius 2 is 1.12 bits per heavy atom. The third kappa shape index (κ3) is 33.7. The van der Waals surface area contributed by atoms with Crippen LogP contribution in [0.5, 0.6) is 0 Å². The molecule has 0 spiro atoms. The van der Waals surface area contributed by atoms with Crippen molar-refractivity contribution >= 4 is 23.8 Å². The topological polar surface area (TPSA) is 142 Å². The van der Waals surface area contributed by atoms with Gasteiger partial charge in [-0.15, -0.1) is 0 Å². The van der Waals surface area contributed by atoms with Crippen molar-refractivity contribution < 1.29 is 34.1 Å². The Kier molecular flexibility index (Phi) is 34.3. The van der Waals surface area contributed by atoms with Crippen LogP contribution in [0.4, 0.5) is 0 Å². The Labute approximate surface area is 309 Å². The number of aliphatic carboxylic acids is 1. The molecule has 0 heterocycles. The second-order valence-corrected chi connectivity index (χ2v) is 13.4. The molecule has 0 fully saturated rings. The average molecular weight is 717 g/mol. The van der Waals surface area contributed by atoms with E-state index in [-0.39, 0.29) is 30.9 Å². The van der Waals surface area contributed by atoms with E-state index >= 15 is 0 Å². The summed E-state index contributed by atoms with van der Waals surface area (Å²) in [5.41, 5.74) is 0. The average Bonchev–Trinajstić information content (AvgIpc) is 3.11. The van der Waals surface area contributed by atoms with Gasteiger partial charge in [0, 0.05) is 12.8 Å². The van der Waals surface area contributed by atoms with E-state index in [1.54, 1.807) is 0 Å². The van der Waals surface area contributed by atoms with Crippen LogP contribution in [0.25, 0.3) is 0 Å². The van der Waals surface area contributed by atoms with Gasteiger partial charge in [-0.2, -0.15) is 0 Å². The van der Waals surface area contributed by atoms with Gasteiger partial charge in [0.15, 0.2) is 0 Å². The van der Waals surface area contributed by atoms with Crippen LogP contribution in [-0.4, -0.2) is 59.3 Å². The number of esters is 1. The highest BCUT2D eigenvalue weighted by atomic mass is 16.5. The molecule has 9 heteroatoms. The van der Waals surface area contributed by atoms with Crippen molar-refractivity contribution in [1.82, 2.24) is 10.6 Å². The molecule has 0 saturated carbocycles. The molecule has 2 unspecified atom stereocenters. The number of hydrogen-bond donors (Lipinski definition) is 4. The number of ether oxygens (including phenoxy) is 1.